The zero-order chi connectivity index (χ0) is 20.8. The van der Waals surface area contributed by atoms with Gasteiger partial charge < -0.3 is 19.5 Å². The van der Waals surface area contributed by atoms with E-state index in [9.17, 15) is 14.0 Å². The van der Waals surface area contributed by atoms with E-state index in [2.05, 4.69) is 5.32 Å². The maximum atomic E-state index is 13.2. The molecule has 0 aliphatic rings. The Balaban J connectivity index is 1.78. The molecule has 3 aromatic rings. The van der Waals surface area contributed by atoms with E-state index in [1.165, 1.54) is 37.7 Å². The molecule has 0 radical (unpaired) electrons. The summed E-state index contributed by atoms with van der Waals surface area (Å²) in [5, 5.41) is 4.70. The summed E-state index contributed by atoms with van der Waals surface area (Å²) in [7, 11) is 2.76. The average molecular weight is 415 g/mol. The zero-order valence-corrected chi connectivity index (χ0v) is 16.5. The molecule has 0 bridgehead atoms. The number of halogens is 1. The van der Waals surface area contributed by atoms with Gasteiger partial charge in [-0.15, -0.1) is 11.3 Å². The number of carbonyl (C=O) groups excluding carboxylic acids is 2. The van der Waals surface area contributed by atoms with Crippen molar-refractivity contribution >= 4 is 28.2 Å². The van der Waals surface area contributed by atoms with Gasteiger partial charge in [0.05, 0.1) is 14.2 Å². The lowest BCUT2D eigenvalue weighted by molar-refractivity contribution is -0.118. The van der Waals surface area contributed by atoms with Crippen LogP contribution in [0, 0.1) is 5.82 Å². The highest BCUT2D eigenvalue weighted by atomic mass is 32.1. The minimum atomic E-state index is -0.605. The molecular formula is C21H18FNO5S. The fourth-order valence-electron chi connectivity index (χ4n) is 2.64. The van der Waals surface area contributed by atoms with Crippen molar-refractivity contribution in [2.24, 2.45) is 0 Å². The van der Waals surface area contributed by atoms with Crippen LogP contribution < -0.4 is 14.8 Å². The first kappa shape index (κ1) is 20.3. The molecule has 0 atom stereocenters. The van der Waals surface area contributed by atoms with E-state index in [1.54, 1.807) is 41.8 Å². The van der Waals surface area contributed by atoms with Crippen LogP contribution in [-0.4, -0.2) is 32.7 Å². The van der Waals surface area contributed by atoms with Crippen LogP contribution in [0.2, 0.25) is 0 Å². The third-order valence-electron chi connectivity index (χ3n) is 4.02. The molecule has 3 rings (SSSR count). The first-order chi connectivity index (χ1) is 14.0. The Morgan fingerprint density at radius 3 is 2.38 bits per heavy atom. The fourth-order valence-corrected chi connectivity index (χ4v) is 3.61. The smallest absolute Gasteiger partial charge is 0.341 e. The lowest BCUT2D eigenvalue weighted by atomic mass is 10.0. The molecular weight excluding hydrogens is 397 g/mol. The summed E-state index contributed by atoms with van der Waals surface area (Å²) >= 11 is 1.17. The van der Waals surface area contributed by atoms with Crippen molar-refractivity contribution in [3.8, 4) is 22.6 Å². The summed E-state index contributed by atoms with van der Waals surface area (Å²) in [6.07, 6.45) is 0. The van der Waals surface area contributed by atoms with Crippen molar-refractivity contribution in [3.05, 3.63) is 65.3 Å². The Morgan fingerprint density at radius 2 is 1.72 bits per heavy atom. The van der Waals surface area contributed by atoms with Crippen LogP contribution in [-0.2, 0) is 9.53 Å². The van der Waals surface area contributed by atoms with E-state index in [1.807, 2.05) is 0 Å². The van der Waals surface area contributed by atoms with E-state index in [4.69, 9.17) is 14.2 Å². The minimum absolute atomic E-state index is 0.203. The van der Waals surface area contributed by atoms with Gasteiger partial charge in [-0.1, -0.05) is 24.3 Å². The summed E-state index contributed by atoms with van der Waals surface area (Å²) in [5.74, 6) is -0.507. The van der Waals surface area contributed by atoms with E-state index in [-0.39, 0.29) is 18.0 Å². The summed E-state index contributed by atoms with van der Waals surface area (Å²) in [5.41, 5.74) is 1.38. The van der Waals surface area contributed by atoms with Crippen LogP contribution in [0.4, 0.5) is 9.39 Å². The summed E-state index contributed by atoms with van der Waals surface area (Å²) in [6.45, 7) is -0.273. The highest BCUT2D eigenvalue weighted by molar-refractivity contribution is 7.15. The predicted octanol–water partition coefficient (Wildman–Crippen LogP) is 4.37. The van der Waals surface area contributed by atoms with Crippen molar-refractivity contribution in [3.63, 3.8) is 0 Å². The Kier molecular flexibility index (Phi) is 6.46. The number of benzene rings is 2. The Morgan fingerprint density at radius 1 is 1.03 bits per heavy atom. The van der Waals surface area contributed by atoms with Gasteiger partial charge in [0.15, 0.2) is 18.1 Å². The Hall–Kier alpha value is -3.39. The second kappa shape index (κ2) is 9.20. The van der Waals surface area contributed by atoms with E-state index in [0.29, 0.717) is 27.6 Å². The first-order valence-corrected chi connectivity index (χ1v) is 9.43. The average Bonchev–Trinajstić information content (AvgIpc) is 3.15. The molecule has 150 valence electrons. The number of hydrogen-bond donors (Lipinski definition) is 1. The third kappa shape index (κ3) is 4.72. The molecule has 29 heavy (non-hydrogen) atoms. The van der Waals surface area contributed by atoms with Gasteiger partial charge in [-0.2, -0.15) is 0 Å². The van der Waals surface area contributed by atoms with Crippen molar-refractivity contribution < 1.29 is 28.2 Å². The van der Waals surface area contributed by atoms with Gasteiger partial charge in [0.1, 0.15) is 16.4 Å². The highest BCUT2D eigenvalue weighted by Crippen LogP contribution is 2.36. The highest BCUT2D eigenvalue weighted by Gasteiger charge is 2.22. The van der Waals surface area contributed by atoms with Gasteiger partial charge in [0.25, 0.3) is 5.91 Å². The van der Waals surface area contributed by atoms with Gasteiger partial charge in [-0.05, 0) is 29.8 Å². The molecule has 0 spiro atoms. The normalized spacial score (nSPS) is 10.3. The van der Waals surface area contributed by atoms with Gasteiger partial charge in [-0.3, -0.25) is 4.79 Å². The van der Waals surface area contributed by atoms with Crippen LogP contribution in [0.25, 0.3) is 11.1 Å². The third-order valence-corrected chi connectivity index (χ3v) is 4.91. The second-order valence-electron chi connectivity index (χ2n) is 5.84. The van der Waals surface area contributed by atoms with E-state index >= 15 is 0 Å². The monoisotopic (exact) mass is 415 g/mol. The minimum Gasteiger partial charge on any atom is -0.493 e. The van der Waals surface area contributed by atoms with Gasteiger partial charge in [0, 0.05) is 10.9 Å². The van der Waals surface area contributed by atoms with Gasteiger partial charge in [0.2, 0.25) is 0 Å². The number of amides is 1. The first-order valence-electron chi connectivity index (χ1n) is 8.55. The number of rotatable bonds is 7. The number of nitrogens with one attached hydrogen (secondary N) is 1. The SMILES string of the molecule is COC(=O)c1c(-c2ccc(F)cc2)csc1NC(=O)COc1ccccc1OC. The number of para-hydroxylation sites is 2. The fraction of sp³-hybridized carbons (Fsp3) is 0.143. The largest absolute Gasteiger partial charge is 0.493 e. The molecule has 6 nitrogen and oxygen atoms in total. The Labute approximate surface area is 170 Å². The molecule has 1 aromatic heterocycles. The second-order valence-corrected chi connectivity index (χ2v) is 6.72. The Bertz CT molecular complexity index is 1020. The maximum Gasteiger partial charge on any atom is 0.341 e. The van der Waals surface area contributed by atoms with Crippen LogP contribution in [0.5, 0.6) is 11.5 Å². The molecule has 0 saturated carbocycles. The van der Waals surface area contributed by atoms with Crippen molar-refractivity contribution in [1.82, 2.24) is 0 Å². The number of esters is 1. The summed E-state index contributed by atoms with van der Waals surface area (Å²) in [4.78, 5) is 24.7. The van der Waals surface area contributed by atoms with E-state index < -0.39 is 11.9 Å². The van der Waals surface area contributed by atoms with E-state index in [0.717, 1.165) is 0 Å². The molecule has 0 fully saturated rings. The topological polar surface area (TPSA) is 73.9 Å². The molecule has 0 aliphatic carbocycles. The lowest BCUT2D eigenvalue weighted by Gasteiger charge is -2.11. The number of anilines is 1. The molecule has 1 N–H and O–H groups in total. The zero-order valence-electron chi connectivity index (χ0n) is 15.7. The molecule has 0 unspecified atom stereocenters. The number of carbonyl (C=O) groups is 2. The number of hydrogen-bond acceptors (Lipinski definition) is 6. The van der Waals surface area contributed by atoms with Gasteiger partial charge in [-0.25, -0.2) is 9.18 Å². The molecule has 0 saturated heterocycles. The molecule has 0 aliphatic heterocycles. The van der Waals surface area contributed by atoms with Crippen molar-refractivity contribution in [2.45, 2.75) is 0 Å². The maximum absolute atomic E-state index is 13.2. The predicted molar refractivity (Wildman–Crippen MR) is 108 cm³/mol. The van der Waals surface area contributed by atoms with Crippen molar-refractivity contribution in [2.75, 3.05) is 26.1 Å². The number of methoxy groups -OCH3 is 2. The van der Waals surface area contributed by atoms with Crippen LogP contribution >= 0.6 is 11.3 Å². The van der Waals surface area contributed by atoms with Crippen LogP contribution in [0.3, 0.4) is 0 Å². The quantitative estimate of drug-likeness (QED) is 0.580. The molecule has 1 amide bonds. The molecule has 8 heteroatoms. The standard InChI is InChI=1S/C21H18FNO5S/c1-26-16-5-3-4-6-17(16)28-11-18(24)23-20-19(21(25)27-2)15(12-29-20)13-7-9-14(22)10-8-13/h3-10,12H,11H2,1-2H3,(H,23,24). The van der Waals surface area contributed by atoms with Gasteiger partial charge >= 0.3 is 5.97 Å². The number of thiophene rings is 1. The van der Waals surface area contributed by atoms with Crippen molar-refractivity contribution in [1.29, 1.82) is 0 Å². The van der Waals surface area contributed by atoms with Crippen LogP contribution in [0.15, 0.2) is 53.9 Å². The molecule has 2 aromatic carbocycles. The van der Waals surface area contributed by atoms with Crippen LogP contribution in [0.1, 0.15) is 10.4 Å². The summed E-state index contributed by atoms with van der Waals surface area (Å²) in [6, 6.07) is 12.7. The lowest BCUT2D eigenvalue weighted by Crippen LogP contribution is -2.21. The summed E-state index contributed by atoms with van der Waals surface area (Å²) < 4.78 is 28.8. The number of ether oxygens (including phenoxy) is 3. The molecule has 1 heterocycles.